The van der Waals surface area contributed by atoms with Crippen LogP contribution in [0.25, 0.3) is 142 Å². The van der Waals surface area contributed by atoms with Gasteiger partial charge in [0.15, 0.2) is 14.3 Å². The van der Waals surface area contributed by atoms with Gasteiger partial charge < -0.3 is 9.13 Å². The fourth-order valence-corrected chi connectivity index (χ4v) is 20.7. The van der Waals surface area contributed by atoms with Crippen LogP contribution >= 0.6 is 14.3 Å². The van der Waals surface area contributed by atoms with Crippen molar-refractivity contribution in [2.75, 3.05) is 0 Å². The molecule has 18 aromatic carbocycles. The SMILES string of the molecule is O=P(c1ccc(-c2ccccc2)cc1)(c1ccc(-c2ccccc2)cc1)c1ccc(-c2c3ccc(-c4cccc5c6cc7ccccc7c(-c7ccc(P(=O)(c8ccccc8)c8ccccc8)cc7)c6c6ccccc6c45)cc3cc3c4ccccc4c4ccccc4c23)cc1. The van der Waals surface area contributed by atoms with E-state index in [-0.39, 0.29) is 0 Å². The molecule has 0 saturated carbocycles. The zero-order chi connectivity index (χ0) is 63.9. The number of fused-ring (bicyclic) bond motifs is 14. The Balaban J connectivity index is 0.820. The van der Waals surface area contributed by atoms with Gasteiger partial charge in [-0.05, 0) is 160 Å². The van der Waals surface area contributed by atoms with Crippen molar-refractivity contribution in [3.05, 3.63) is 364 Å². The summed E-state index contributed by atoms with van der Waals surface area (Å²) in [7, 11) is -6.65. The predicted molar refractivity (Wildman–Crippen MR) is 412 cm³/mol. The van der Waals surface area contributed by atoms with Crippen molar-refractivity contribution in [3.63, 3.8) is 0 Å². The number of benzene rings is 18. The van der Waals surface area contributed by atoms with Crippen LogP contribution in [0.15, 0.2) is 364 Å². The van der Waals surface area contributed by atoms with E-state index < -0.39 is 14.3 Å². The van der Waals surface area contributed by atoms with Gasteiger partial charge >= 0.3 is 0 Å². The minimum absolute atomic E-state index is 0.774. The normalized spacial score (nSPS) is 12.0. The van der Waals surface area contributed by atoms with Crippen molar-refractivity contribution < 1.29 is 9.13 Å². The molecule has 18 rings (SSSR count). The Morgan fingerprint density at radius 3 is 0.938 bits per heavy atom. The molecular weight excluding hydrogens is 1200 g/mol. The Morgan fingerprint density at radius 1 is 0.167 bits per heavy atom. The molecule has 4 heteroatoms. The van der Waals surface area contributed by atoms with E-state index in [0.29, 0.717) is 0 Å². The molecule has 0 heterocycles. The summed E-state index contributed by atoms with van der Waals surface area (Å²) in [5, 5.41) is 23.6. The number of hydrogen-bond donors (Lipinski definition) is 0. The Labute approximate surface area is 557 Å². The van der Waals surface area contributed by atoms with Crippen molar-refractivity contribution in [2.45, 2.75) is 0 Å². The first kappa shape index (κ1) is 57.2. The molecule has 0 amide bonds. The summed E-state index contributed by atoms with van der Waals surface area (Å²) < 4.78 is 32.2. The highest BCUT2D eigenvalue weighted by Gasteiger charge is 2.32. The van der Waals surface area contributed by atoms with Crippen LogP contribution in [0.1, 0.15) is 0 Å². The summed E-state index contributed by atoms with van der Waals surface area (Å²) in [6.45, 7) is 0. The third-order valence-electron chi connectivity index (χ3n) is 20.0. The summed E-state index contributed by atoms with van der Waals surface area (Å²) in [6.07, 6.45) is 0. The predicted octanol–water partition coefficient (Wildman–Crippen LogP) is 22.5. The molecule has 0 aliphatic rings. The third kappa shape index (κ3) is 9.24. The van der Waals surface area contributed by atoms with Gasteiger partial charge in [0, 0.05) is 31.8 Å². The second-order valence-electron chi connectivity index (χ2n) is 25.2. The van der Waals surface area contributed by atoms with Crippen LogP contribution in [0.4, 0.5) is 0 Å². The smallest absolute Gasteiger partial charge is 0.171 e. The average molecular weight is 1260 g/mol. The third-order valence-corrected chi connectivity index (χ3v) is 26.1. The molecule has 450 valence electrons. The van der Waals surface area contributed by atoms with Gasteiger partial charge in [-0.25, -0.2) is 0 Å². The van der Waals surface area contributed by atoms with Crippen LogP contribution < -0.4 is 31.8 Å². The van der Waals surface area contributed by atoms with E-state index >= 15 is 9.13 Å². The molecule has 0 unspecified atom stereocenters. The monoisotopic (exact) mass is 1260 g/mol. The molecule has 0 aliphatic carbocycles. The Hall–Kier alpha value is -11.5. The van der Waals surface area contributed by atoms with Gasteiger partial charge in [-0.15, -0.1) is 0 Å². The summed E-state index contributed by atoms with van der Waals surface area (Å²) in [6, 6.07) is 129. The zero-order valence-corrected chi connectivity index (χ0v) is 54.1. The highest BCUT2D eigenvalue weighted by Crippen LogP contribution is 2.51. The second kappa shape index (κ2) is 23.2. The van der Waals surface area contributed by atoms with E-state index in [1.54, 1.807) is 0 Å². The molecule has 0 saturated heterocycles. The maximum Gasteiger partial charge on any atom is 0.171 e. The van der Waals surface area contributed by atoms with Crippen LogP contribution in [0.2, 0.25) is 0 Å². The molecule has 0 atom stereocenters. The maximum atomic E-state index is 16.6. The quantitative estimate of drug-likeness (QED) is 0.0735. The molecule has 96 heavy (non-hydrogen) atoms. The van der Waals surface area contributed by atoms with Gasteiger partial charge in [-0.3, -0.25) is 0 Å². The van der Waals surface area contributed by atoms with Crippen molar-refractivity contribution >= 4 is 132 Å². The minimum atomic E-state index is -3.44. The number of rotatable bonds is 11. The zero-order valence-electron chi connectivity index (χ0n) is 52.4. The van der Waals surface area contributed by atoms with Crippen molar-refractivity contribution in [1.29, 1.82) is 0 Å². The first-order valence-corrected chi connectivity index (χ1v) is 36.2. The van der Waals surface area contributed by atoms with Gasteiger partial charge in [0.25, 0.3) is 0 Å². The van der Waals surface area contributed by atoms with E-state index in [1.165, 1.54) is 64.6 Å². The fourth-order valence-electron chi connectivity index (χ4n) is 15.5. The average Bonchev–Trinajstić information content (AvgIpc) is 0.708. The van der Waals surface area contributed by atoms with E-state index in [0.717, 1.165) is 109 Å². The molecule has 0 aliphatic heterocycles. The van der Waals surface area contributed by atoms with Crippen molar-refractivity contribution in [2.24, 2.45) is 0 Å². The van der Waals surface area contributed by atoms with Crippen LogP contribution in [0.3, 0.4) is 0 Å². The lowest BCUT2D eigenvalue weighted by molar-refractivity contribution is 0.591. The molecule has 0 N–H and O–H groups in total. The molecule has 0 fully saturated rings. The summed E-state index contributed by atoms with van der Waals surface area (Å²) in [5.74, 6) is 0. The lowest BCUT2D eigenvalue weighted by atomic mass is 9.83. The maximum absolute atomic E-state index is 16.6. The molecule has 0 aromatic heterocycles. The van der Waals surface area contributed by atoms with E-state index in [9.17, 15) is 0 Å². The first-order chi connectivity index (χ1) is 47.4. The standard InChI is InChI=1S/C92H60O2P2/c93-95(70-27-9-3-10-28-70,71-29-11-4-12-30-71)74-53-44-65(45-54-74)88-76-31-14-13-26-67(76)59-87-85-39-21-38-77(90(85)83-36-19-20-37-84(83)92(87)88)68-48-57-78-69(58-68)60-86-81-34-16-15-32-79(81)80-33-17-18-35-82(80)91(86)89(78)66-46-55-75(56-47-66)96(94,72-49-40-63(41-50-72)61-22-5-1-6-23-61)73-51-42-64(43-52-73)62-24-7-2-8-25-62/h1-60H. The topological polar surface area (TPSA) is 34.1 Å². The Bertz CT molecular complexity index is 6060. The Morgan fingerprint density at radius 2 is 0.458 bits per heavy atom. The Kier molecular flexibility index (Phi) is 13.8. The van der Waals surface area contributed by atoms with Crippen LogP contribution in [0.5, 0.6) is 0 Å². The van der Waals surface area contributed by atoms with Crippen molar-refractivity contribution in [3.8, 4) is 55.6 Å². The van der Waals surface area contributed by atoms with Gasteiger partial charge in [-0.2, -0.15) is 0 Å². The molecule has 0 bridgehead atoms. The van der Waals surface area contributed by atoms with Gasteiger partial charge in [0.2, 0.25) is 0 Å². The summed E-state index contributed by atoms with van der Waals surface area (Å²) >= 11 is 0. The lowest BCUT2D eigenvalue weighted by Crippen LogP contribution is -2.25. The van der Waals surface area contributed by atoms with Crippen LogP contribution in [-0.4, -0.2) is 0 Å². The number of hydrogen-bond acceptors (Lipinski definition) is 2. The fraction of sp³-hybridized carbons (Fsp3) is 0. The largest absolute Gasteiger partial charge is 0.309 e. The summed E-state index contributed by atoms with van der Waals surface area (Å²) in [4.78, 5) is 0. The van der Waals surface area contributed by atoms with Gasteiger partial charge in [-0.1, -0.05) is 346 Å². The highest BCUT2D eigenvalue weighted by molar-refractivity contribution is 7.85. The first-order valence-electron chi connectivity index (χ1n) is 32.8. The lowest BCUT2D eigenvalue weighted by Gasteiger charge is -2.22. The van der Waals surface area contributed by atoms with E-state index in [1.807, 2.05) is 72.8 Å². The summed E-state index contributed by atoms with van der Waals surface area (Å²) in [5.41, 5.74) is 11.1. The molecule has 18 aromatic rings. The highest BCUT2D eigenvalue weighted by atomic mass is 31.2. The second-order valence-corrected chi connectivity index (χ2v) is 30.7. The van der Waals surface area contributed by atoms with Gasteiger partial charge in [0.1, 0.15) is 0 Å². The molecule has 2 nitrogen and oxygen atoms in total. The van der Waals surface area contributed by atoms with E-state index in [4.69, 9.17) is 0 Å². The molecule has 0 spiro atoms. The van der Waals surface area contributed by atoms with Crippen LogP contribution in [0, 0.1) is 0 Å². The van der Waals surface area contributed by atoms with Crippen molar-refractivity contribution in [1.82, 2.24) is 0 Å². The van der Waals surface area contributed by atoms with Gasteiger partial charge in [0.05, 0.1) is 0 Å². The molecule has 0 radical (unpaired) electrons. The minimum Gasteiger partial charge on any atom is -0.309 e. The van der Waals surface area contributed by atoms with E-state index in [2.05, 4.69) is 291 Å². The molecular formula is C92H60O2P2. The van der Waals surface area contributed by atoms with Crippen LogP contribution in [-0.2, 0) is 9.13 Å².